The van der Waals surface area contributed by atoms with Gasteiger partial charge >= 0.3 is 0 Å². The second kappa shape index (κ2) is 4.70. The van der Waals surface area contributed by atoms with Crippen molar-refractivity contribution in [1.29, 1.82) is 0 Å². The Labute approximate surface area is 69.2 Å². The van der Waals surface area contributed by atoms with Crippen LogP contribution in [-0.2, 0) is 0 Å². The van der Waals surface area contributed by atoms with E-state index in [-0.39, 0.29) is 6.54 Å². The number of hydrogen-bond acceptors (Lipinski definition) is 1. The lowest BCUT2D eigenvalue weighted by atomic mass is 9.93. The van der Waals surface area contributed by atoms with Gasteiger partial charge in [0, 0.05) is 6.54 Å². The zero-order valence-electron chi connectivity index (χ0n) is 7.86. The normalized spacial score (nSPS) is 16.9. The molecule has 0 amide bonds. The molecule has 2 heteroatoms. The number of hydrogen-bond donors (Lipinski definition) is 1. The summed E-state index contributed by atoms with van der Waals surface area (Å²) < 4.78 is 13.5. The molecule has 0 spiro atoms. The van der Waals surface area contributed by atoms with Crippen LogP contribution < -0.4 is 5.73 Å². The SMILES string of the molecule is CCC(F)(CN)CCC(C)C. The van der Waals surface area contributed by atoms with Crippen molar-refractivity contribution in [2.24, 2.45) is 11.7 Å². The summed E-state index contributed by atoms with van der Waals surface area (Å²) in [7, 11) is 0. The first kappa shape index (κ1) is 10.9. The highest BCUT2D eigenvalue weighted by atomic mass is 19.1. The highest BCUT2D eigenvalue weighted by molar-refractivity contribution is 4.78. The standard InChI is InChI=1S/C9H20FN/c1-4-9(10,7-11)6-5-8(2)3/h8H,4-7,11H2,1-3H3. The second-order valence-electron chi connectivity index (χ2n) is 3.64. The topological polar surface area (TPSA) is 26.0 Å². The summed E-state index contributed by atoms with van der Waals surface area (Å²) in [5.41, 5.74) is 4.22. The van der Waals surface area contributed by atoms with Crippen LogP contribution in [-0.4, -0.2) is 12.2 Å². The molecule has 0 saturated heterocycles. The van der Waals surface area contributed by atoms with Crippen LogP contribution in [0, 0.1) is 5.92 Å². The van der Waals surface area contributed by atoms with Gasteiger partial charge in [0.2, 0.25) is 0 Å². The Hall–Kier alpha value is -0.110. The average Bonchev–Trinajstić information content (AvgIpc) is 2.00. The quantitative estimate of drug-likeness (QED) is 0.658. The zero-order valence-corrected chi connectivity index (χ0v) is 7.86. The van der Waals surface area contributed by atoms with Gasteiger partial charge in [0.25, 0.3) is 0 Å². The molecule has 0 rings (SSSR count). The molecule has 1 atom stereocenters. The molecule has 1 nitrogen and oxygen atoms in total. The number of halogens is 1. The lowest BCUT2D eigenvalue weighted by Crippen LogP contribution is -2.32. The lowest BCUT2D eigenvalue weighted by Gasteiger charge is -2.22. The molecule has 2 N–H and O–H groups in total. The molecule has 68 valence electrons. The molecule has 0 heterocycles. The highest BCUT2D eigenvalue weighted by Crippen LogP contribution is 2.23. The fourth-order valence-electron chi connectivity index (χ4n) is 0.971. The molecule has 0 fully saturated rings. The van der Waals surface area contributed by atoms with Crippen LogP contribution >= 0.6 is 0 Å². The van der Waals surface area contributed by atoms with Crippen LogP contribution in [0.4, 0.5) is 4.39 Å². The van der Waals surface area contributed by atoms with Gasteiger partial charge in [-0.05, 0) is 25.2 Å². The molecule has 11 heavy (non-hydrogen) atoms. The Kier molecular flexibility index (Phi) is 4.66. The van der Waals surface area contributed by atoms with E-state index in [1.165, 1.54) is 0 Å². The fourth-order valence-corrected chi connectivity index (χ4v) is 0.971. The Morgan fingerprint density at radius 3 is 2.27 bits per heavy atom. The maximum atomic E-state index is 13.5. The van der Waals surface area contributed by atoms with Crippen molar-refractivity contribution >= 4 is 0 Å². The van der Waals surface area contributed by atoms with E-state index >= 15 is 0 Å². The van der Waals surface area contributed by atoms with E-state index in [4.69, 9.17) is 5.73 Å². The lowest BCUT2D eigenvalue weighted by molar-refractivity contribution is 0.144. The Balaban J connectivity index is 3.69. The second-order valence-corrected chi connectivity index (χ2v) is 3.64. The van der Waals surface area contributed by atoms with Crippen molar-refractivity contribution in [3.8, 4) is 0 Å². The maximum absolute atomic E-state index is 13.5. The van der Waals surface area contributed by atoms with E-state index in [1.807, 2.05) is 6.92 Å². The molecule has 0 aliphatic heterocycles. The Bertz CT molecular complexity index is 97.7. The minimum atomic E-state index is -1.11. The molecule has 0 bridgehead atoms. The zero-order chi connectivity index (χ0) is 8.91. The van der Waals surface area contributed by atoms with Crippen molar-refractivity contribution in [3.63, 3.8) is 0 Å². The van der Waals surface area contributed by atoms with Crippen LogP contribution in [0.2, 0.25) is 0 Å². The van der Waals surface area contributed by atoms with Gasteiger partial charge in [-0.25, -0.2) is 4.39 Å². The number of nitrogens with two attached hydrogens (primary N) is 1. The van der Waals surface area contributed by atoms with Crippen molar-refractivity contribution in [2.75, 3.05) is 6.54 Å². The number of rotatable bonds is 5. The van der Waals surface area contributed by atoms with Gasteiger partial charge in [0.15, 0.2) is 0 Å². The van der Waals surface area contributed by atoms with Crippen LogP contribution in [0.3, 0.4) is 0 Å². The van der Waals surface area contributed by atoms with Crippen molar-refractivity contribution in [1.82, 2.24) is 0 Å². The maximum Gasteiger partial charge on any atom is 0.123 e. The molecule has 0 aliphatic carbocycles. The monoisotopic (exact) mass is 161 g/mol. The van der Waals surface area contributed by atoms with Gasteiger partial charge in [-0.2, -0.15) is 0 Å². The molecule has 0 aromatic heterocycles. The summed E-state index contributed by atoms with van der Waals surface area (Å²) >= 11 is 0. The van der Waals surface area contributed by atoms with Crippen molar-refractivity contribution in [2.45, 2.75) is 45.7 Å². The molecular formula is C9H20FN. The third kappa shape index (κ3) is 4.35. The van der Waals surface area contributed by atoms with Crippen LogP contribution in [0.15, 0.2) is 0 Å². The molecule has 0 aromatic carbocycles. The average molecular weight is 161 g/mol. The summed E-state index contributed by atoms with van der Waals surface area (Å²) in [5, 5.41) is 0. The summed E-state index contributed by atoms with van der Waals surface area (Å²) in [6.45, 7) is 6.22. The predicted molar refractivity (Wildman–Crippen MR) is 47.3 cm³/mol. The van der Waals surface area contributed by atoms with E-state index in [9.17, 15) is 4.39 Å². The third-order valence-corrected chi connectivity index (χ3v) is 2.17. The predicted octanol–water partition coefficient (Wildman–Crippen LogP) is 2.50. The first-order valence-electron chi connectivity index (χ1n) is 4.43. The molecule has 0 saturated carbocycles. The van der Waals surface area contributed by atoms with Gasteiger partial charge in [-0.15, -0.1) is 0 Å². The molecule has 0 aliphatic rings. The summed E-state index contributed by atoms with van der Waals surface area (Å²) in [6, 6.07) is 0. The molecular weight excluding hydrogens is 141 g/mol. The van der Waals surface area contributed by atoms with Gasteiger partial charge in [0.1, 0.15) is 5.67 Å². The fraction of sp³-hybridized carbons (Fsp3) is 1.00. The first-order valence-corrected chi connectivity index (χ1v) is 4.43. The summed E-state index contributed by atoms with van der Waals surface area (Å²) in [4.78, 5) is 0. The largest absolute Gasteiger partial charge is 0.328 e. The third-order valence-electron chi connectivity index (χ3n) is 2.17. The number of alkyl halides is 1. The van der Waals surface area contributed by atoms with E-state index in [1.54, 1.807) is 0 Å². The van der Waals surface area contributed by atoms with E-state index in [0.717, 1.165) is 6.42 Å². The molecule has 0 aromatic rings. The Morgan fingerprint density at radius 1 is 1.45 bits per heavy atom. The van der Waals surface area contributed by atoms with Gasteiger partial charge in [-0.3, -0.25) is 0 Å². The minimum absolute atomic E-state index is 0.163. The van der Waals surface area contributed by atoms with E-state index in [0.29, 0.717) is 18.8 Å². The first-order chi connectivity index (χ1) is 5.04. The van der Waals surface area contributed by atoms with E-state index in [2.05, 4.69) is 13.8 Å². The summed E-state index contributed by atoms with van der Waals surface area (Å²) in [5.74, 6) is 0.572. The smallest absolute Gasteiger partial charge is 0.123 e. The van der Waals surface area contributed by atoms with Crippen molar-refractivity contribution < 1.29 is 4.39 Å². The van der Waals surface area contributed by atoms with Gasteiger partial charge < -0.3 is 5.73 Å². The molecule has 1 unspecified atom stereocenters. The van der Waals surface area contributed by atoms with Crippen LogP contribution in [0.1, 0.15) is 40.0 Å². The molecule has 0 radical (unpaired) electrons. The van der Waals surface area contributed by atoms with E-state index < -0.39 is 5.67 Å². The van der Waals surface area contributed by atoms with Crippen LogP contribution in [0.5, 0.6) is 0 Å². The Morgan fingerprint density at radius 2 is 2.00 bits per heavy atom. The van der Waals surface area contributed by atoms with Gasteiger partial charge in [-0.1, -0.05) is 20.8 Å². The van der Waals surface area contributed by atoms with Crippen molar-refractivity contribution in [3.05, 3.63) is 0 Å². The van der Waals surface area contributed by atoms with Gasteiger partial charge in [0.05, 0.1) is 0 Å². The highest BCUT2D eigenvalue weighted by Gasteiger charge is 2.24. The summed E-state index contributed by atoms with van der Waals surface area (Å²) in [6.07, 6.45) is 2.08. The van der Waals surface area contributed by atoms with Crippen LogP contribution in [0.25, 0.3) is 0 Å². The minimum Gasteiger partial charge on any atom is -0.328 e.